The van der Waals surface area contributed by atoms with E-state index in [-0.39, 0.29) is 24.4 Å². The topological polar surface area (TPSA) is 124 Å². The van der Waals surface area contributed by atoms with E-state index < -0.39 is 24.5 Å². The van der Waals surface area contributed by atoms with Crippen LogP contribution in [0, 0.1) is 5.21 Å². The van der Waals surface area contributed by atoms with Gasteiger partial charge in [0.15, 0.2) is 0 Å². The molecule has 0 spiro atoms. The van der Waals surface area contributed by atoms with E-state index in [0.29, 0.717) is 0 Å². The van der Waals surface area contributed by atoms with Crippen LogP contribution in [-0.2, 0) is 19.1 Å². The fraction of sp³-hybridized carbons (Fsp3) is 0.818. The molecule has 0 radical (unpaired) electrons. The van der Waals surface area contributed by atoms with Crippen molar-refractivity contribution in [3.63, 3.8) is 0 Å². The lowest BCUT2D eigenvalue weighted by Crippen LogP contribution is -2.28. The van der Waals surface area contributed by atoms with E-state index in [1.807, 2.05) is 0 Å². The van der Waals surface area contributed by atoms with Crippen molar-refractivity contribution in [2.75, 3.05) is 20.4 Å². The number of nitrogens with zero attached hydrogens (tertiary/aromatic N) is 3. The first-order chi connectivity index (χ1) is 9.61. The van der Waals surface area contributed by atoms with Gasteiger partial charge in [-0.25, -0.2) is 4.79 Å². The van der Waals surface area contributed by atoms with Crippen molar-refractivity contribution in [2.24, 2.45) is 5.28 Å². The van der Waals surface area contributed by atoms with Crippen LogP contribution in [0.1, 0.15) is 33.6 Å². The van der Waals surface area contributed by atoms with Crippen molar-refractivity contribution < 1.29 is 34.0 Å². The summed E-state index contributed by atoms with van der Waals surface area (Å²) in [5, 5.41) is 24.0. The second-order valence-corrected chi connectivity index (χ2v) is 5.07. The van der Waals surface area contributed by atoms with Gasteiger partial charge in [-0.3, -0.25) is 4.79 Å². The molecule has 0 heterocycles. The van der Waals surface area contributed by atoms with Crippen LogP contribution in [0.4, 0.5) is 4.79 Å². The Bertz CT molecular complexity index is 379. The van der Waals surface area contributed by atoms with Gasteiger partial charge in [-0.15, -0.1) is 5.01 Å². The fourth-order valence-electron chi connectivity index (χ4n) is 1.03. The Balaban J connectivity index is 3.91. The standard InChI is InChI=1S/C11H21N3O7/c1-11(2,3)21-10(17)19-8-20-12-14(18)13(4)7-5-6-9(15)16/h5-8H2,1-4H3,(H,15,16)/b14-12-. The molecule has 0 bridgehead atoms. The minimum absolute atomic E-state index is 0.0548. The summed E-state index contributed by atoms with van der Waals surface area (Å²) in [6, 6.07) is 0. The molecule has 1 N–H and O–H groups in total. The molecule has 0 amide bonds. The number of carboxylic acid groups (broad SMARTS) is 1. The largest absolute Gasteiger partial charge is 0.569 e. The second kappa shape index (κ2) is 8.82. The van der Waals surface area contributed by atoms with E-state index in [1.54, 1.807) is 20.8 Å². The molecule has 0 atom stereocenters. The van der Waals surface area contributed by atoms with Crippen LogP contribution >= 0.6 is 0 Å². The number of hydrazine groups is 1. The summed E-state index contributed by atoms with van der Waals surface area (Å²) < 4.78 is 9.35. The Hall–Kier alpha value is -2.26. The van der Waals surface area contributed by atoms with Crippen LogP contribution in [0.5, 0.6) is 0 Å². The SMILES string of the molecule is CN(CCCC(=O)O)/[N+]([O-])=N/OCOC(=O)OC(C)(C)C. The molecule has 0 saturated heterocycles. The Morgan fingerprint density at radius 2 is 2.00 bits per heavy atom. The number of carbonyl (C=O) groups is 2. The summed E-state index contributed by atoms with van der Waals surface area (Å²) in [5.74, 6) is -0.945. The zero-order valence-electron chi connectivity index (χ0n) is 12.6. The highest BCUT2D eigenvalue weighted by atomic mass is 16.8. The van der Waals surface area contributed by atoms with Crippen LogP contribution in [0.25, 0.3) is 0 Å². The summed E-state index contributed by atoms with van der Waals surface area (Å²) in [6.07, 6.45) is -0.708. The lowest BCUT2D eigenvalue weighted by Gasteiger charge is -2.18. The number of hydrogen-bond acceptors (Lipinski definition) is 7. The lowest BCUT2D eigenvalue weighted by molar-refractivity contribution is -0.706. The first-order valence-electron chi connectivity index (χ1n) is 6.20. The molecule has 10 heteroatoms. The van der Waals surface area contributed by atoms with Crippen molar-refractivity contribution in [2.45, 2.75) is 39.2 Å². The Morgan fingerprint density at radius 1 is 1.38 bits per heavy atom. The summed E-state index contributed by atoms with van der Waals surface area (Å²) in [5.41, 5.74) is -0.691. The molecule has 0 rings (SSSR count). The normalized spacial score (nSPS) is 11.7. The van der Waals surface area contributed by atoms with Gasteiger partial charge in [0.1, 0.15) is 5.60 Å². The minimum atomic E-state index is -0.945. The number of ether oxygens (including phenoxy) is 2. The molecule has 0 aromatic carbocycles. The molecule has 122 valence electrons. The van der Waals surface area contributed by atoms with Crippen LogP contribution in [0.3, 0.4) is 0 Å². The van der Waals surface area contributed by atoms with E-state index in [0.717, 1.165) is 5.01 Å². The van der Waals surface area contributed by atoms with Crippen molar-refractivity contribution in [1.82, 2.24) is 5.01 Å². The number of hydrogen-bond donors (Lipinski definition) is 1. The van der Waals surface area contributed by atoms with E-state index in [4.69, 9.17) is 9.84 Å². The third kappa shape index (κ3) is 11.3. The highest BCUT2D eigenvalue weighted by molar-refractivity contribution is 5.66. The molecule has 0 aromatic heterocycles. The van der Waals surface area contributed by atoms with E-state index in [1.165, 1.54) is 7.05 Å². The van der Waals surface area contributed by atoms with E-state index in [9.17, 15) is 14.8 Å². The maximum atomic E-state index is 11.3. The second-order valence-electron chi connectivity index (χ2n) is 5.07. The smallest absolute Gasteiger partial charge is 0.511 e. The number of carboxylic acids is 1. The predicted octanol–water partition coefficient (Wildman–Crippen LogP) is 1.50. The van der Waals surface area contributed by atoms with Gasteiger partial charge in [-0.2, -0.15) is 0 Å². The average Bonchev–Trinajstić information content (AvgIpc) is 2.31. The molecule has 0 aliphatic carbocycles. The third-order valence-corrected chi connectivity index (χ3v) is 1.91. The molecular weight excluding hydrogens is 286 g/mol. The lowest BCUT2D eigenvalue weighted by atomic mass is 10.2. The van der Waals surface area contributed by atoms with Crippen LogP contribution in [0.15, 0.2) is 5.28 Å². The van der Waals surface area contributed by atoms with Crippen molar-refractivity contribution in [1.29, 1.82) is 0 Å². The molecular formula is C11H21N3O7. The van der Waals surface area contributed by atoms with Crippen molar-refractivity contribution in [3.05, 3.63) is 5.21 Å². The summed E-state index contributed by atoms with van der Waals surface area (Å²) in [6.45, 7) is 4.63. The maximum absolute atomic E-state index is 11.3. The Morgan fingerprint density at radius 3 is 2.52 bits per heavy atom. The van der Waals surface area contributed by atoms with Crippen LogP contribution in [-0.4, -0.2) is 53.2 Å². The molecule has 0 aliphatic heterocycles. The quantitative estimate of drug-likeness (QED) is 0.179. The maximum Gasteiger partial charge on any atom is 0.511 e. The number of aliphatic carboxylic acids is 1. The van der Waals surface area contributed by atoms with Crippen LogP contribution in [0.2, 0.25) is 0 Å². The monoisotopic (exact) mass is 307 g/mol. The van der Waals surface area contributed by atoms with Gasteiger partial charge in [0.25, 0.3) is 6.79 Å². The van der Waals surface area contributed by atoms with Gasteiger partial charge in [-0.1, -0.05) is 0 Å². The summed E-state index contributed by atoms with van der Waals surface area (Å²) >= 11 is 0. The number of rotatable bonds is 8. The first kappa shape index (κ1) is 18.7. The van der Waals surface area contributed by atoms with Gasteiger partial charge < -0.3 is 24.6 Å². The molecule has 0 aliphatic rings. The van der Waals surface area contributed by atoms with Crippen LogP contribution < -0.4 is 0 Å². The fourth-order valence-corrected chi connectivity index (χ4v) is 1.03. The Labute approximate surface area is 122 Å². The van der Waals surface area contributed by atoms with Gasteiger partial charge in [0, 0.05) is 6.42 Å². The Kier molecular flexibility index (Phi) is 7.87. The third-order valence-electron chi connectivity index (χ3n) is 1.91. The molecule has 0 saturated carbocycles. The molecule has 0 unspecified atom stereocenters. The van der Waals surface area contributed by atoms with E-state index >= 15 is 0 Å². The zero-order chi connectivity index (χ0) is 16.5. The summed E-state index contributed by atoms with van der Waals surface area (Å²) in [7, 11) is 1.41. The first-order valence-corrected chi connectivity index (χ1v) is 6.20. The molecule has 21 heavy (non-hydrogen) atoms. The highest BCUT2D eigenvalue weighted by Crippen LogP contribution is 2.07. The van der Waals surface area contributed by atoms with Gasteiger partial charge >= 0.3 is 12.1 Å². The average molecular weight is 307 g/mol. The zero-order valence-corrected chi connectivity index (χ0v) is 12.6. The van der Waals surface area contributed by atoms with Crippen molar-refractivity contribution >= 4 is 12.1 Å². The minimum Gasteiger partial charge on any atom is -0.569 e. The highest BCUT2D eigenvalue weighted by Gasteiger charge is 2.17. The van der Waals surface area contributed by atoms with Gasteiger partial charge in [-0.05, 0) is 27.2 Å². The van der Waals surface area contributed by atoms with E-state index in [2.05, 4.69) is 14.9 Å². The predicted molar refractivity (Wildman–Crippen MR) is 68.8 cm³/mol. The molecule has 0 aromatic rings. The summed E-state index contributed by atoms with van der Waals surface area (Å²) in [4.78, 5) is 26.0. The van der Waals surface area contributed by atoms with Gasteiger partial charge in [0.2, 0.25) is 5.28 Å². The van der Waals surface area contributed by atoms with Gasteiger partial charge in [0.05, 0.1) is 18.6 Å². The number of carbonyl (C=O) groups excluding carboxylic acids is 1. The van der Waals surface area contributed by atoms with Crippen molar-refractivity contribution in [3.8, 4) is 0 Å². The molecule has 0 fully saturated rings. The molecule has 10 nitrogen and oxygen atoms in total.